The number of rotatable bonds is 11. The maximum atomic E-state index is 15.3. The van der Waals surface area contributed by atoms with Crippen LogP contribution in [-0.4, -0.2) is 83.7 Å². The highest BCUT2D eigenvalue weighted by molar-refractivity contribution is 6.30. The summed E-state index contributed by atoms with van der Waals surface area (Å²) < 4.78 is 34.2. The molecule has 3 heterocycles. The Labute approximate surface area is 281 Å². The van der Waals surface area contributed by atoms with Crippen LogP contribution in [0.1, 0.15) is 16.9 Å². The number of benzene rings is 3. The van der Waals surface area contributed by atoms with Gasteiger partial charge in [0, 0.05) is 85.2 Å². The second-order valence-corrected chi connectivity index (χ2v) is 11.7. The van der Waals surface area contributed by atoms with Crippen LogP contribution in [0.4, 0.5) is 10.1 Å². The first-order valence-electron chi connectivity index (χ1n) is 15.4. The number of halogens is 2. The molecule has 3 aromatic carbocycles. The summed E-state index contributed by atoms with van der Waals surface area (Å²) in [5, 5.41) is 3.64. The Bertz CT molecular complexity index is 1980. The third-order valence-corrected chi connectivity index (χ3v) is 8.28. The molecule has 0 unspecified atom stereocenters. The van der Waals surface area contributed by atoms with Crippen LogP contribution in [0.2, 0.25) is 5.02 Å². The summed E-state index contributed by atoms with van der Waals surface area (Å²) in [6.45, 7) is 5.74. The van der Waals surface area contributed by atoms with Gasteiger partial charge in [0.15, 0.2) is 28.8 Å². The summed E-state index contributed by atoms with van der Waals surface area (Å²) in [5.41, 5.74) is 0.214. The lowest BCUT2D eigenvalue weighted by molar-refractivity contribution is 0.102. The summed E-state index contributed by atoms with van der Waals surface area (Å²) >= 11 is 5.95. The lowest BCUT2D eigenvalue weighted by Crippen LogP contribution is -2.44. The highest BCUT2D eigenvalue weighted by atomic mass is 35.5. The Balaban J connectivity index is 1.13. The molecule has 1 saturated heterocycles. The average Bonchev–Trinajstić information content (AvgIpc) is 3.09. The second-order valence-electron chi connectivity index (χ2n) is 11.3. The number of nitrogens with one attached hydrogen (secondary N) is 1. The number of fused-ring (bicyclic) bond motifs is 1. The van der Waals surface area contributed by atoms with E-state index in [4.69, 9.17) is 25.8 Å². The molecule has 1 fully saturated rings. The zero-order valence-electron chi connectivity index (χ0n) is 26.5. The minimum absolute atomic E-state index is 0.0772. The molecule has 48 heavy (non-hydrogen) atoms. The van der Waals surface area contributed by atoms with E-state index in [1.165, 1.54) is 29.1 Å². The summed E-state index contributed by atoms with van der Waals surface area (Å²) in [4.78, 5) is 39.1. The quantitative estimate of drug-likeness (QED) is 0.178. The van der Waals surface area contributed by atoms with Gasteiger partial charge in [0.05, 0.1) is 19.2 Å². The normalized spacial score (nSPS) is 13.8. The van der Waals surface area contributed by atoms with Crippen molar-refractivity contribution in [2.75, 3.05) is 58.8 Å². The largest absolute Gasteiger partial charge is 0.493 e. The molecule has 0 aliphatic carbocycles. The Morgan fingerprint density at radius 2 is 1.73 bits per heavy atom. The minimum Gasteiger partial charge on any atom is -0.493 e. The van der Waals surface area contributed by atoms with Crippen molar-refractivity contribution < 1.29 is 23.4 Å². The van der Waals surface area contributed by atoms with Gasteiger partial charge in [-0.05, 0) is 62.0 Å². The van der Waals surface area contributed by atoms with E-state index in [9.17, 15) is 9.59 Å². The summed E-state index contributed by atoms with van der Waals surface area (Å²) in [6.07, 6.45) is 5.22. The zero-order chi connectivity index (χ0) is 33.6. The number of ether oxygens (including phenoxy) is 3. The van der Waals surface area contributed by atoms with Crippen LogP contribution >= 0.6 is 11.6 Å². The molecule has 1 aliphatic rings. The summed E-state index contributed by atoms with van der Waals surface area (Å²) in [7, 11) is 3.69. The lowest BCUT2D eigenvalue weighted by Gasteiger charge is -2.32. The van der Waals surface area contributed by atoms with E-state index in [2.05, 4.69) is 32.1 Å². The van der Waals surface area contributed by atoms with Gasteiger partial charge in [0.1, 0.15) is 5.75 Å². The smallest absolute Gasteiger partial charge is 0.286 e. The van der Waals surface area contributed by atoms with Crippen molar-refractivity contribution in [2.45, 2.75) is 6.42 Å². The molecule has 248 valence electrons. The van der Waals surface area contributed by atoms with Gasteiger partial charge in [-0.3, -0.25) is 19.1 Å². The SMILES string of the molecule is COc1cc2c(Oc3ccc(NC(=O)c4nccn(-c5ccc(Cl)cc5)c4=O)cc3F)ccnc2cc1OCCCN1CCN(C)CC1. The number of nitrogens with zero attached hydrogens (tertiary/aromatic N) is 5. The molecular weight excluding hydrogens is 639 g/mol. The van der Waals surface area contributed by atoms with Crippen LogP contribution < -0.4 is 25.1 Å². The predicted octanol–water partition coefficient (Wildman–Crippen LogP) is 5.64. The van der Waals surface area contributed by atoms with Crippen LogP contribution in [0.25, 0.3) is 16.6 Å². The number of anilines is 1. The summed E-state index contributed by atoms with van der Waals surface area (Å²) in [5.74, 6) is -0.181. The van der Waals surface area contributed by atoms with Gasteiger partial charge in [-0.1, -0.05) is 11.6 Å². The number of hydrogen-bond acceptors (Lipinski definition) is 9. The number of amides is 1. The van der Waals surface area contributed by atoms with E-state index in [1.807, 2.05) is 0 Å². The van der Waals surface area contributed by atoms with Crippen LogP contribution in [0, 0.1) is 5.82 Å². The van der Waals surface area contributed by atoms with Crippen LogP contribution in [-0.2, 0) is 0 Å². The first-order valence-corrected chi connectivity index (χ1v) is 15.8. The number of methoxy groups -OCH3 is 1. The molecule has 1 amide bonds. The van der Waals surface area contributed by atoms with E-state index in [0.717, 1.165) is 45.2 Å². The number of likely N-dealkylation sites (N-methyl/N-ethyl adjacent to an activating group) is 1. The lowest BCUT2D eigenvalue weighted by atomic mass is 10.1. The molecule has 0 saturated carbocycles. The van der Waals surface area contributed by atoms with Crippen LogP contribution in [0.3, 0.4) is 0 Å². The predicted molar refractivity (Wildman–Crippen MR) is 182 cm³/mol. The highest BCUT2D eigenvalue weighted by Gasteiger charge is 2.18. The molecule has 13 heteroatoms. The number of carbonyl (C=O) groups is 1. The van der Waals surface area contributed by atoms with Crippen molar-refractivity contribution in [1.29, 1.82) is 0 Å². The number of hydrogen-bond donors (Lipinski definition) is 1. The maximum Gasteiger partial charge on any atom is 0.286 e. The topological polar surface area (TPSA) is 111 Å². The fourth-order valence-electron chi connectivity index (χ4n) is 5.37. The van der Waals surface area contributed by atoms with Crippen LogP contribution in [0.5, 0.6) is 23.0 Å². The van der Waals surface area contributed by atoms with Crippen molar-refractivity contribution in [1.82, 2.24) is 24.3 Å². The van der Waals surface area contributed by atoms with E-state index < -0.39 is 17.3 Å². The molecule has 0 radical (unpaired) electrons. The molecule has 0 bridgehead atoms. The number of pyridine rings is 1. The molecule has 1 aliphatic heterocycles. The van der Waals surface area contributed by atoms with E-state index in [-0.39, 0.29) is 17.1 Å². The van der Waals surface area contributed by atoms with Crippen molar-refractivity contribution in [2.24, 2.45) is 0 Å². The molecule has 5 aromatic rings. The van der Waals surface area contributed by atoms with Crippen molar-refractivity contribution in [3.05, 3.63) is 106 Å². The Morgan fingerprint density at radius 3 is 2.48 bits per heavy atom. The molecular formula is C35H34ClFN6O5. The molecule has 11 nitrogen and oxygen atoms in total. The van der Waals surface area contributed by atoms with Gasteiger partial charge in [0.2, 0.25) is 0 Å². The zero-order valence-corrected chi connectivity index (χ0v) is 27.2. The summed E-state index contributed by atoms with van der Waals surface area (Å²) in [6, 6.07) is 15.7. The number of carbonyl (C=O) groups excluding carboxylic acids is 1. The number of piperazine rings is 1. The minimum atomic E-state index is -0.791. The van der Waals surface area contributed by atoms with Gasteiger partial charge < -0.3 is 29.3 Å². The van der Waals surface area contributed by atoms with Crippen molar-refractivity contribution >= 4 is 34.1 Å². The first-order chi connectivity index (χ1) is 23.3. The average molecular weight is 673 g/mol. The standard InChI is InChI=1S/C35H34ClFN6O5/c1-41-15-17-42(18-16-41)13-3-19-47-32-22-28-26(21-31(32)46-2)29(10-11-38-28)48-30-9-6-24(20-27(30)37)40-34(44)33-35(45)43(14-12-39-33)25-7-4-23(36)5-8-25/h4-12,14,20-22H,3,13,15-19H2,1-2H3,(H,40,44). The van der Waals surface area contributed by atoms with Gasteiger partial charge >= 0.3 is 0 Å². The van der Waals surface area contributed by atoms with Gasteiger partial charge in [-0.2, -0.15) is 0 Å². The molecule has 1 N–H and O–H groups in total. The molecule has 6 rings (SSSR count). The van der Waals surface area contributed by atoms with Gasteiger partial charge in [0.25, 0.3) is 11.5 Å². The van der Waals surface area contributed by atoms with Crippen molar-refractivity contribution in [3.8, 4) is 28.7 Å². The third-order valence-electron chi connectivity index (χ3n) is 8.03. The Hall–Kier alpha value is -5.04. The second kappa shape index (κ2) is 14.8. The van der Waals surface area contributed by atoms with E-state index in [0.29, 0.717) is 45.5 Å². The fraction of sp³-hybridized carbons (Fsp3) is 0.257. The number of aromatic nitrogens is 3. The third kappa shape index (κ3) is 7.57. The highest BCUT2D eigenvalue weighted by Crippen LogP contribution is 2.38. The Kier molecular flexibility index (Phi) is 10.1. The van der Waals surface area contributed by atoms with Crippen LogP contribution in [0.15, 0.2) is 84.0 Å². The van der Waals surface area contributed by atoms with E-state index >= 15 is 4.39 Å². The maximum absolute atomic E-state index is 15.3. The molecule has 2 aromatic heterocycles. The monoisotopic (exact) mass is 672 g/mol. The fourth-order valence-corrected chi connectivity index (χ4v) is 5.50. The first kappa shape index (κ1) is 32.9. The molecule has 0 spiro atoms. The van der Waals surface area contributed by atoms with Crippen molar-refractivity contribution in [3.63, 3.8) is 0 Å². The van der Waals surface area contributed by atoms with Gasteiger partial charge in [-0.15, -0.1) is 0 Å². The van der Waals surface area contributed by atoms with E-state index in [1.54, 1.807) is 55.8 Å². The Morgan fingerprint density at radius 1 is 0.938 bits per heavy atom. The van der Waals surface area contributed by atoms with Gasteiger partial charge in [-0.25, -0.2) is 9.37 Å². The molecule has 0 atom stereocenters.